The molecule has 2 fully saturated rings. The van der Waals surface area contributed by atoms with Crippen LogP contribution in [-0.2, 0) is 15.0 Å². The van der Waals surface area contributed by atoms with E-state index in [-0.39, 0.29) is 35.6 Å². The van der Waals surface area contributed by atoms with E-state index in [1.807, 2.05) is 33.8 Å². The third kappa shape index (κ3) is 4.39. The van der Waals surface area contributed by atoms with Crippen molar-refractivity contribution >= 4 is 23.2 Å². The number of nitrogens with zero attached hydrogens (tertiary/aromatic N) is 2. The van der Waals surface area contributed by atoms with Gasteiger partial charge in [0.2, 0.25) is 0 Å². The Hall–Kier alpha value is -2.16. The lowest BCUT2D eigenvalue weighted by atomic mass is 10.1. The van der Waals surface area contributed by atoms with Crippen molar-refractivity contribution in [2.24, 2.45) is 0 Å². The summed E-state index contributed by atoms with van der Waals surface area (Å²) < 4.78 is 14.0. The van der Waals surface area contributed by atoms with Crippen molar-refractivity contribution in [3.05, 3.63) is 46.4 Å². The Morgan fingerprint density at radius 3 is 2.34 bits per heavy atom. The molecule has 0 aliphatic carbocycles. The lowest BCUT2D eigenvalue weighted by Gasteiger charge is -2.21. The number of thiophene rings is 1. The van der Waals surface area contributed by atoms with Crippen LogP contribution in [0, 0.1) is 0 Å². The average molecular weight is 418 g/mol. The van der Waals surface area contributed by atoms with Crippen molar-refractivity contribution in [2.75, 3.05) is 26.3 Å². The smallest absolute Gasteiger partial charge is 0.255 e. The third-order valence-electron chi connectivity index (χ3n) is 5.36. The lowest BCUT2D eigenvalue weighted by Crippen LogP contribution is -2.41. The summed E-state index contributed by atoms with van der Waals surface area (Å²) in [7, 11) is 0. The first-order chi connectivity index (χ1) is 13.8. The van der Waals surface area contributed by atoms with Crippen LogP contribution < -0.4 is 5.32 Å². The molecule has 2 saturated heterocycles. The number of carbonyl (C=O) groups excluding carboxylic acids is 2. The molecule has 7 nitrogen and oxygen atoms in total. The zero-order chi connectivity index (χ0) is 20.6. The normalized spacial score (nSPS) is 22.9. The Morgan fingerprint density at radius 2 is 1.79 bits per heavy atom. The van der Waals surface area contributed by atoms with Crippen LogP contribution in [-0.4, -0.2) is 65.8 Å². The van der Waals surface area contributed by atoms with Gasteiger partial charge in [-0.2, -0.15) is 11.3 Å². The highest BCUT2D eigenvalue weighted by Crippen LogP contribution is 2.23. The van der Waals surface area contributed by atoms with Crippen LogP contribution >= 0.6 is 11.3 Å². The highest BCUT2D eigenvalue weighted by Gasteiger charge is 2.40. The predicted octanol–water partition coefficient (Wildman–Crippen LogP) is 2.34. The first-order valence-corrected chi connectivity index (χ1v) is 10.8. The summed E-state index contributed by atoms with van der Waals surface area (Å²) >= 11 is 1.49. The molecule has 2 atom stereocenters. The van der Waals surface area contributed by atoms with Gasteiger partial charge in [-0.25, -0.2) is 0 Å². The summed E-state index contributed by atoms with van der Waals surface area (Å²) in [4.78, 5) is 26.9. The number of likely N-dealkylation sites (tertiary alicyclic amines) is 1. The van der Waals surface area contributed by atoms with Crippen LogP contribution in [0.1, 0.15) is 41.5 Å². The fourth-order valence-electron chi connectivity index (χ4n) is 3.63. The fourth-order valence-corrected chi connectivity index (χ4v) is 4.26. The molecule has 0 saturated carbocycles. The number of rotatable bonds is 3. The summed E-state index contributed by atoms with van der Waals surface area (Å²) in [5, 5.41) is 6.66. The summed E-state index contributed by atoms with van der Waals surface area (Å²) in [6, 6.07) is 3.46. The van der Waals surface area contributed by atoms with Crippen LogP contribution in [0.5, 0.6) is 0 Å². The predicted molar refractivity (Wildman–Crippen MR) is 110 cm³/mol. The van der Waals surface area contributed by atoms with Crippen molar-refractivity contribution in [3.63, 3.8) is 0 Å². The molecular weight excluding hydrogens is 390 g/mol. The molecule has 0 unspecified atom stereocenters. The Bertz CT molecular complexity index is 855. The van der Waals surface area contributed by atoms with Gasteiger partial charge in [-0.05, 0) is 38.3 Å². The quantitative estimate of drug-likeness (QED) is 0.832. The molecule has 1 N–H and O–H groups in total. The molecule has 156 valence electrons. The fraction of sp³-hybridized carbons (Fsp3) is 0.524. The molecule has 2 aromatic rings. The van der Waals surface area contributed by atoms with Crippen molar-refractivity contribution < 1.29 is 19.1 Å². The number of aromatic nitrogens is 1. The second-order valence-electron chi connectivity index (χ2n) is 8.61. The molecular formula is C21H27N3O4S. The molecule has 0 spiro atoms. The second-order valence-corrected chi connectivity index (χ2v) is 9.39. The molecule has 4 heterocycles. The maximum atomic E-state index is 12.9. The summed E-state index contributed by atoms with van der Waals surface area (Å²) in [6.07, 6.45) is 3.49. The molecule has 0 bridgehead atoms. The van der Waals surface area contributed by atoms with Gasteiger partial charge >= 0.3 is 0 Å². The number of ether oxygens (including phenoxy) is 2. The van der Waals surface area contributed by atoms with Crippen LogP contribution in [0.15, 0.2) is 35.3 Å². The minimum absolute atomic E-state index is 0.00409. The van der Waals surface area contributed by atoms with Crippen LogP contribution in [0.4, 0.5) is 0 Å². The van der Waals surface area contributed by atoms with E-state index in [0.717, 1.165) is 0 Å². The lowest BCUT2D eigenvalue weighted by molar-refractivity contribution is -0.00461. The van der Waals surface area contributed by atoms with E-state index in [0.29, 0.717) is 37.4 Å². The first-order valence-electron chi connectivity index (χ1n) is 9.85. The number of hydrogen-bond donors (Lipinski definition) is 1. The van der Waals surface area contributed by atoms with Gasteiger partial charge in [0.1, 0.15) is 12.2 Å². The Balaban J connectivity index is 1.33. The third-order valence-corrected chi connectivity index (χ3v) is 6.04. The number of fused-ring (bicyclic) bond motifs is 1. The van der Waals surface area contributed by atoms with E-state index in [1.165, 1.54) is 11.3 Å². The topological polar surface area (TPSA) is 72.8 Å². The van der Waals surface area contributed by atoms with Gasteiger partial charge in [-0.1, -0.05) is 0 Å². The maximum Gasteiger partial charge on any atom is 0.255 e. The standard InChI is InChI=1S/C21H27N3O4S/c1-21(2,3)24-6-4-14(8-24)20(26)23-9-17-18(10-23)28-12-16(11-27-17)22-19(25)15-5-7-29-13-15/h4-8,13,16-18H,9-12H2,1-3H3,(H,22,25)/t17-,18-/m0/s1. The van der Waals surface area contributed by atoms with E-state index in [1.54, 1.807) is 11.0 Å². The molecule has 29 heavy (non-hydrogen) atoms. The van der Waals surface area contributed by atoms with Gasteiger partial charge in [0.25, 0.3) is 11.8 Å². The number of amides is 2. The summed E-state index contributed by atoms with van der Waals surface area (Å²) in [6.45, 7) is 8.04. The minimum Gasteiger partial charge on any atom is -0.371 e. The van der Waals surface area contributed by atoms with Crippen molar-refractivity contribution in [1.29, 1.82) is 0 Å². The highest BCUT2D eigenvalue weighted by atomic mass is 32.1. The summed E-state index contributed by atoms with van der Waals surface area (Å²) in [5.74, 6) is -0.119. The monoisotopic (exact) mass is 417 g/mol. The van der Waals surface area contributed by atoms with Gasteiger partial charge in [0.05, 0.1) is 24.8 Å². The largest absolute Gasteiger partial charge is 0.371 e. The molecule has 8 heteroatoms. The molecule has 4 rings (SSSR count). The van der Waals surface area contributed by atoms with E-state index < -0.39 is 0 Å². The van der Waals surface area contributed by atoms with Crippen molar-refractivity contribution in [1.82, 2.24) is 14.8 Å². The van der Waals surface area contributed by atoms with Crippen LogP contribution in [0.3, 0.4) is 0 Å². The molecule has 0 aromatic carbocycles. The van der Waals surface area contributed by atoms with Gasteiger partial charge in [0, 0.05) is 42.0 Å². The van der Waals surface area contributed by atoms with Crippen molar-refractivity contribution in [3.8, 4) is 0 Å². The molecule has 2 aliphatic rings. The first kappa shape index (κ1) is 20.1. The van der Waals surface area contributed by atoms with E-state index in [9.17, 15) is 9.59 Å². The van der Waals surface area contributed by atoms with Gasteiger partial charge in [-0.3, -0.25) is 9.59 Å². The van der Waals surface area contributed by atoms with Gasteiger partial charge in [0.15, 0.2) is 0 Å². The van der Waals surface area contributed by atoms with E-state index in [4.69, 9.17) is 9.47 Å². The SMILES string of the molecule is CC(C)(C)n1ccc(C(=O)N2C[C@@H]3OCC(NC(=O)c4ccsc4)CO[C@H]3C2)c1. The zero-order valence-electron chi connectivity index (χ0n) is 17.0. The number of hydrogen-bond acceptors (Lipinski definition) is 5. The zero-order valence-corrected chi connectivity index (χ0v) is 17.8. The number of carbonyl (C=O) groups is 2. The molecule has 2 amide bonds. The molecule has 2 aromatic heterocycles. The van der Waals surface area contributed by atoms with Crippen molar-refractivity contribution in [2.45, 2.75) is 44.6 Å². The van der Waals surface area contributed by atoms with E-state index in [2.05, 4.69) is 26.1 Å². The second kappa shape index (κ2) is 7.93. The van der Waals surface area contributed by atoms with Gasteiger partial charge in [-0.15, -0.1) is 0 Å². The Kier molecular flexibility index (Phi) is 5.50. The average Bonchev–Trinajstić information content (AvgIpc) is 3.42. The Labute approximate surface area is 174 Å². The van der Waals surface area contributed by atoms with E-state index >= 15 is 0 Å². The molecule has 2 aliphatic heterocycles. The Morgan fingerprint density at radius 1 is 1.10 bits per heavy atom. The highest BCUT2D eigenvalue weighted by molar-refractivity contribution is 7.08. The molecule has 0 radical (unpaired) electrons. The maximum absolute atomic E-state index is 12.9. The van der Waals surface area contributed by atoms with Crippen LogP contribution in [0.2, 0.25) is 0 Å². The summed E-state index contributed by atoms with van der Waals surface area (Å²) in [5.41, 5.74) is 1.26. The van der Waals surface area contributed by atoms with Gasteiger partial charge < -0.3 is 24.3 Å². The minimum atomic E-state index is -0.196. The van der Waals surface area contributed by atoms with Crippen LogP contribution in [0.25, 0.3) is 0 Å². The number of nitrogens with one attached hydrogen (secondary N) is 1.